The molecule has 1 aromatic carbocycles. The van der Waals surface area contributed by atoms with E-state index in [1.807, 2.05) is 42.5 Å². The van der Waals surface area contributed by atoms with Gasteiger partial charge in [-0.15, -0.1) is 11.8 Å². The summed E-state index contributed by atoms with van der Waals surface area (Å²) in [6.07, 6.45) is 1.97. The normalized spacial score (nSPS) is 11.2. The Labute approximate surface area is 159 Å². The average Bonchev–Trinajstić information content (AvgIpc) is 2.97. The van der Waals surface area contributed by atoms with Crippen molar-refractivity contribution < 1.29 is 4.79 Å². The third-order valence-corrected chi connectivity index (χ3v) is 5.30. The summed E-state index contributed by atoms with van der Waals surface area (Å²) in [5, 5.41) is 7.97. The number of nitrogens with zero attached hydrogens (tertiary/aromatic N) is 4. The monoisotopic (exact) mass is 389 g/mol. The molecule has 3 rings (SSSR count). The van der Waals surface area contributed by atoms with Crippen LogP contribution in [0, 0.1) is 6.92 Å². The SMILES string of the molecule is CSc1ccccc1NC(=O)CN(C)Cc1nn2c(=O)cc(C)nc2s1. The van der Waals surface area contributed by atoms with Gasteiger partial charge in [-0.1, -0.05) is 23.5 Å². The minimum absolute atomic E-state index is 0.0961. The largest absolute Gasteiger partial charge is 0.324 e. The van der Waals surface area contributed by atoms with Gasteiger partial charge in [0.2, 0.25) is 10.9 Å². The van der Waals surface area contributed by atoms with Crippen LogP contribution >= 0.6 is 23.1 Å². The van der Waals surface area contributed by atoms with Crippen LogP contribution in [0.5, 0.6) is 0 Å². The minimum Gasteiger partial charge on any atom is -0.324 e. The van der Waals surface area contributed by atoms with Gasteiger partial charge in [-0.2, -0.15) is 9.61 Å². The third-order valence-electron chi connectivity index (χ3n) is 3.61. The van der Waals surface area contributed by atoms with Crippen LogP contribution in [0.4, 0.5) is 5.69 Å². The number of fused-ring (bicyclic) bond motifs is 1. The fourth-order valence-corrected chi connectivity index (χ4v) is 4.07. The highest BCUT2D eigenvalue weighted by Gasteiger charge is 2.13. The number of aromatic nitrogens is 3. The van der Waals surface area contributed by atoms with Crippen LogP contribution < -0.4 is 10.9 Å². The molecule has 0 saturated carbocycles. The highest BCUT2D eigenvalue weighted by molar-refractivity contribution is 7.98. The predicted octanol–water partition coefficient (Wildman–Crippen LogP) is 2.25. The Kier molecular flexibility index (Phi) is 5.70. The number of aryl methyl sites for hydroxylation is 1. The lowest BCUT2D eigenvalue weighted by Crippen LogP contribution is -2.30. The minimum atomic E-state index is -0.191. The van der Waals surface area contributed by atoms with E-state index in [0.29, 0.717) is 17.2 Å². The summed E-state index contributed by atoms with van der Waals surface area (Å²) in [7, 11) is 1.84. The highest BCUT2D eigenvalue weighted by atomic mass is 32.2. The zero-order valence-electron chi connectivity index (χ0n) is 14.7. The topological polar surface area (TPSA) is 79.6 Å². The lowest BCUT2D eigenvalue weighted by Gasteiger charge is -2.15. The van der Waals surface area contributed by atoms with Crippen LogP contribution in [0.1, 0.15) is 10.7 Å². The molecule has 1 amide bonds. The number of anilines is 1. The Morgan fingerprint density at radius 1 is 1.38 bits per heavy atom. The molecule has 2 aromatic heterocycles. The number of rotatable bonds is 6. The molecule has 0 aliphatic heterocycles. The van der Waals surface area contributed by atoms with E-state index in [-0.39, 0.29) is 18.0 Å². The first kappa shape index (κ1) is 18.6. The van der Waals surface area contributed by atoms with E-state index < -0.39 is 0 Å². The van der Waals surface area contributed by atoms with E-state index in [1.54, 1.807) is 18.7 Å². The van der Waals surface area contributed by atoms with Crippen molar-refractivity contribution in [3.63, 3.8) is 0 Å². The van der Waals surface area contributed by atoms with Crippen molar-refractivity contribution in [2.24, 2.45) is 0 Å². The summed E-state index contributed by atoms with van der Waals surface area (Å²) >= 11 is 2.94. The van der Waals surface area contributed by atoms with Crippen LogP contribution in [0.2, 0.25) is 0 Å². The quantitative estimate of drug-likeness (QED) is 0.652. The number of carbonyl (C=O) groups is 1. The zero-order chi connectivity index (χ0) is 18.7. The van der Waals surface area contributed by atoms with E-state index in [0.717, 1.165) is 15.6 Å². The molecule has 0 fully saturated rings. The van der Waals surface area contributed by atoms with Gasteiger partial charge in [-0.25, -0.2) is 4.98 Å². The Morgan fingerprint density at radius 3 is 2.92 bits per heavy atom. The van der Waals surface area contributed by atoms with Gasteiger partial charge < -0.3 is 5.32 Å². The maximum atomic E-state index is 12.3. The number of thioether (sulfide) groups is 1. The second-order valence-corrected chi connectivity index (χ2v) is 7.74. The molecule has 9 heteroatoms. The first-order chi connectivity index (χ1) is 12.5. The number of hydrogen-bond acceptors (Lipinski definition) is 7. The molecular weight excluding hydrogens is 370 g/mol. The first-order valence-corrected chi connectivity index (χ1v) is 9.98. The molecule has 0 atom stereocenters. The lowest BCUT2D eigenvalue weighted by atomic mass is 10.3. The van der Waals surface area contributed by atoms with Crippen LogP contribution in [0.25, 0.3) is 4.96 Å². The van der Waals surface area contributed by atoms with Crippen molar-refractivity contribution >= 4 is 39.7 Å². The smallest absolute Gasteiger partial charge is 0.275 e. The summed E-state index contributed by atoms with van der Waals surface area (Å²) in [4.78, 5) is 32.0. The van der Waals surface area contributed by atoms with Gasteiger partial charge in [0, 0.05) is 16.7 Å². The number of amides is 1. The predicted molar refractivity (Wildman–Crippen MR) is 105 cm³/mol. The van der Waals surface area contributed by atoms with Crippen molar-refractivity contribution in [1.29, 1.82) is 0 Å². The Morgan fingerprint density at radius 2 is 2.15 bits per heavy atom. The van der Waals surface area contributed by atoms with Gasteiger partial charge in [-0.05, 0) is 32.4 Å². The fourth-order valence-electron chi connectivity index (χ4n) is 2.49. The van der Waals surface area contributed by atoms with Crippen molar-refractivity contribution in [3.05, 3.63) is 51.4 Å². The van der Waals surface area contributed by atoms with Gasteiger partial charge in [0.1, 0.15) is 5.01 Å². The van der Waals surface area contributed by atoms with E-state index in [9.17, 15) is 9.59 Å². The number of carbonyl (C=O) groups excluding carboxylic acids is 1. The van der Waals surface area contributed by atoms with E-state index in [4.69, 9.17) is 0 Å². The van der Waals surface area contributed by atoms with Gasteiger partial charge in [0.05, 0.1) is 18.8 Å². The molecule has 0 saturated heterocycles. The molecule has 0 radical (unpaired) electrons. The second-order valence-electron chi connectivity index (χ2n) is 5.85. The van der Waals surface area contributed by atoms with Crippen LogP contribution in [-0.2, 0) is 11.3 Å². The van der Waals surface area contributed by atoms with Gasteiger partial charge in [0.25, 0.3) is 5.56 Å². The highest BCUT2D eigenvalue weighted by Crippen LogP contribution is 2.24. The van der Waals surface area contributed by atoms with Crippen LogP contribution in [0.3, 0.4) is 0 Å². The number of likely N-dealkylation sites (N-methyl/N-ethyl adjacent to an activating group) is 1. The standard InChI is InChI=1S/C17H19N5O2S2/c1-11-8-16(24)22-17(18-11)26-15(20-22)10-21(2)9-14(23)19-12-6-4-5-7-13(12)25-3/h4-8H,9-10H2,1-3H3,(H,19,23). The lowest BCUT2D eigenvalue weighted by molar-refractivity contribution is -0.117. The van der Waals surface area contributed by atoms with Crippen LogP contribution in [-0.4, -0.2) is 45.3 Å². The average molecular weight is 390 g/mol. The molecule has 0 bridgehead atoms. The first-order valence-electron chi connectivity index (χ1n) is 7.94. The van der Waals surface area contributed by atoms with Crippen molar-refractivity contribution in [2.75, 3.05) is 25.2 Å². The van der Waals surface area contributed by atoms with Crippen molar-refractivity contribution in [2.45, 2.75) is 18.4 Å². The molecule has 0 aliphatic rings. The van der Waals surface area contributed by atoms with Crippen LogP contribution in [0.15, 0.2) is 40.0 Å². The number of hydrogen-bond donors (Lipinski definition) is 1. The summed E-state index contributed by atoms with van der Waals surface area (Å²) in [5.74, 6) is -0.0961. The molecular formula is C17H19N5O2S2. The maximum absolute atomic E-state index is 12.3. The summed E-state index contributed by atoms with van der Waals surface area (Å²) in [6, 6.07) is 9.15. The maximum Gasteiger partial charge on any atom is 0.275 e. The second kappa shape index (κ2) is 7.98. The van der Waals surface area contributed by atoms with Crippen molar-refractivity contribution in [3.8, 4) is 0 Å². The Bertz CT molecular complexity index is 998. The third kappa shape index (κ3) is 4.29. The molecule has 3 aromatic rings. The molecule has 0 unspecified atom stereocenters. The van der Waals surface area contributed by atoms with E-state index in [1.165, 1.54) is 21.9 Å². The number of benzene rings is 1. The zero-order valence-corrected chi connectivity index (χ0v) is 16.4. The molecule has 136 valence electrons. The fraction of sp³-hybridized carbons (Fsp3) is 0.294. The van der Waals surface area contributed by atoms with Crippen molar-refractivity contribution in [1.82, 2.24) is 19.5 Å². The Hall–Kier alpha value is -2.23. The number of para-hydroxylation sites is 1. The number of nitrogens with one attached hydrogen (secondary N) is 1. The molecule has 0 aliphatic carbocycles. The van der Waals surface area contributed by atoms with Gasteiger partial charge >= 0.3 is 0 Å². The summed E-state index contributed by atoms with van der Waals surface area (Å²) in [6.45, 7) is 2.47. The molecule has 7 nitrogen and oxygen atoms in total. The Balaban J connectivity index is 1.65. The van der Waals surface area contributed by atoms with Gasteiger partial charge in [0.15, 0.2) is 0 Å². The van der Waals surface area contributed by atoms with E-state index in [2.05, 4.69) is 15.4 Å². The van der Waals surface area contributed by atoms with E-state index >= 15 is 0 Å². The summed E-state index contributed by atoms with van der Waals surface area (Å²) in [5.41, 5.74) is 1.29. The molecule has 26 heavy (non-hydrogen) atoms. The molecule has 2 heterocycles. The summed E-state index contributed by atoms with van der Waals surface area (Å²) < 4.78 is 1.30. The molecule has 0 spiro atoms. The van der Waals surface area contributed by atoms with Gasteiger partial charge in [-0.3, -0.25) is 14.5 Å². The molecule has 1 N–H and O–H groups in total.